The maximum absolute atomic E-state index is 13.6. The summed E-state index contributed by atoms with van der Waals surface area (Å²) >= 11 is 0. The summed E-state index contributed by atoms with van der Waals surface area (Å²) in [6.45, 7) is 3.71. The quantitative estimate of drug-likeness (QED) is 0.464. The third-order valence-corrected chi connectivity index (χ3v) is 7.61. The van der Waals surface area contributed by atoms with E-state index < -0.39 is 23.7 Å². The van der Waals surface area contributed by atoms with Crippen LogP contribution in [0.4, 0.5) is 31.8 Å². The zero-order valence-corrected chi connectivity index (χ0v) is 19.7. The van der Waals surface area contributed by atoms with Crippen LogP contribution < -0.4 is 15.1 Å². The number of aryl methyl sites for hydroxylation is 1. The number of anilines is 3. The van der Waals surface area contributed by atoms with Gasteiger partial charge in [0.25, 0.3) is 11.8 Å². The Morgan fingerprint density at radius 3 is 2.29 bits per heavy atom. The molecule has 1 spiro atoms. The van der Waals surface area contributed by atoms with Crippen molar-refractivity contribution in [1.29, 1.82) is 0 Å². The first-order valence-electron chi connectivity index (χ1n) is 12.1. The number of piperidine rings is 2. The number of carbonyl (C=O) groups is 1. The van der Waals surface area contributed by atoms with E-state index in [9.17, 15) is 23.7 Å². The molecule has 5 rings (SSSR count). The molecule has 3 fully saturated rings. The van der Waals surface area contributed by atoms with Crippen LogP contribution in [0.15, 0.2) is 30.3 Å². The molecule has 1 N–H and O–H groups in total. The molecule has 35 heavy (non-hydrogen) atoms. The number of nitro groups is 1. The van der Waals surface area contributed by atoms with Gasteiger partial charge in [0.15, 0.2) is 0 Å². The highest BCUT2D eigenvalue weighted by atomic mass is 19.3. The van der Waals surface area contributed by atoms with Gasteiger partial charge in [-0.2, -0.15) is 0 Å². The molecule has 2 aromatic rings. The molecular formula is C25H29F2N5O3. The zero-order valence-electron chi connectivity index (χ0n) is 19.7. The summed E-state index contributed by atoms with van der Waals surface area (Å²) in [5.74, 6) is -3.00. The minimum Gasteiger partial charge on any atom is -0.371 e. The average molecular weight is 486 g/mol. The van der Waals surface area contributed by atoms with E-state index in [2.05, 4.69) is 15.2 Å². The van der Waals surface area contributed by atoms with E-state index >= 15 is 0 Å². The van der Waals surface area contributed by atoms with E-state index in [0.717, 1.165) is 37.2 Å². The van der Waals surface area contributed by atoms with Crippen molar-refractivity contribution in [3.05, 3.63) is 51.6 Å². The number of pyridine rings is 1. The fourth-order valence-corrected chi connectivity index (χ4v) is 5.11. The van der Waals surface area contributed by atoms with Crippen molar-refractivity contribution in [2.45, 2.75) is 51.4 Å². The van der Waals surface area contributed by atoms with Crippen LogP contribution in [0.2, 0.25) is 0 Å². The Bertz CT molecular complexity index is 1150. The first-order valence-corrected chi connectivity index (χ1v) is 12.1. The number of hydrogen-bond acceptors (Lipinski definition) is 6. The van der Waals surface area contributed by atoms with Gasteiger partial charge in [-0.3, -0.25) is 14.9 Å². The second kappa shape index (κ2) is 8.73. The normalized spacial score (nSPS) is 20.5. The molecule has 10 heteroatoms. The molecule has 3 heterocycles. The fraction of sp³-hybridized carbons (Fsp3) is 0.520. The van der Waals surface area contributed by atoms with Crippen molar-refractivity contribution in [2.24, 2.45) is 5.41 Å². The van der Waals surface area contributed by atoms with Gasteiger partial charge >= 0.3 is 5.69 Å². The highest BCUT2D eigenvalue weighted by molar-refractivity contribution is 6.08. The molecule has 0 atom stereocenters. The Kier molecular flexibility index (Phi) is 5.85. The Morgan fingerprint density at radius 2 is 1.66 bits per heavy atom. The van der Waals surface area contributed by atoms with Crippen molar-refractivity contribution in [3.63, 3.8) is 0 Å². The summed E-state index contributed by atoms with van der Waals surface area (Å²) in [7, 11) is 0. The maximum atomic E-state index is 13.6. The molecule has 8 nitrogen and oxygen atoms in total. The predicted molar refractivity (Wildman–Crippen MR) is 130 cm³/mol. The van der Waals surface area contributed by atoms with Crippen LogP contribution in [0.1, 0.15) is 54.4 Å². The number of halogens is 2. The first kappa shape index (κ1) is 23.4. The number of rotatable bonds is 5. The van der Waals surface area contributed by atoms with Gasteiger partial charge in [-0.1, -0.05) is 6.07 Å². The summed E-state index contributed by atoms with van der Waals surface area (Å²) in [6.07, 6.45) is 4.06. The van der Waals surface area contributed by atoms with Crippen molar-refractivity contribution in [1.82, 2.24) is 4.98 Å². The Morgan fingerprint density at radius 1 is 1.00 bits per heavy atom. The van der Waals surface area contributed by atoms with E-state index in [1.165, 1.54) is 29.9 Å². The van der Waals surface area contributed by atoms with Crippen LogP contribution >= 0.6 is 0 Å². The standard InChI is InChI=1S/C25H29F2N5O3/c1-17-2-3-18(20(16-17)30-12-8-24(6-7-24)9-13-30)23(33)29-21-5-4-19(32(34)35)22(28-21)31-14-10-25(26,27)11-15-31/h2-5,16H,6-15H2,1H3,(H,28,29,33). The highest BCUT2D eigenvalue weighted by Crippen LogP contribution is 2.54. The molecule has 1 aliphatic carbocycles. The molecule has 1 saturated carbocycles. The third kappa shape index (κ3) is 4.92. The van der Waals surface area contributed by atoms with E-state index in [1.54, 1.807) is 6.07 Å². The molecule has 2 aliphatic heterocycles. The van der Waals surface area contributed by atoms with E-state index in [-0.39, 0.29) is 36.3 Å². The van der Waals surface area contributed by atoms with Gasteiger partial charge in [0.2, 0.25) is 5.82 Å². The molecule has 186 valence electrons. The summed E-state index contributed by atoms with van der Waals surface area (Å²) in [5.41, 5.74) is 2.69. The number of carbonyl (C=O) groups excluding carboxylic acids is 1. The van der Waals surface area contributed by atoms with Gasteiger partial charge in [0.05, 0.1) is 10.5 Å². The predicted octanol–water partition coefficient (Wildman–Crippen LogP) is 5.17. The largest absolute Gasteiger partial charge is 0.371 e. The van der Waals surface area contributed by atoms with Crippen LogP contribution in [-0.4, -0.2) is 47.9 Å². The number of hydrogen-bond donors (Lipinski definition) is 1. The van der Waals surface area contributed by atoms with Crippen LogP contribution in [0.5, 0.6) is 0 Å². The Balaban J connectivity index is 1.38. The maximum Gasteiger partial charge on any atom is 0.311 e. The van der Waals surface area contributed by atoms with Gasteiger partial charge < -0.3 is 15.1 Å². The van der Waals surface area contributed by atoms with E-state index in [1.807, 2.05) is 19.1 Å². The number of nitrogens with zero attached hydrogens (tertiary/aromatic N) is 4. The molecule has 1 amide bonds. The summed E-state index contributed by atoms with van der Waals surface area (Å²) in [6, 6.07) is 8.33. The number of aromatic nitrogens is 1. The topological polar surface area (TPSA) is 91.6 Å². The average Bonchev–Trinajstić information content (AvgIpc) is 3.58. The molecule has 1 aromatic carbocycles. The smallest absolute Gasteiger partial charge is 0.311 e. The van der Waals surface area contributed by atoms with Crippen LogP contribution in [0.25, 0.3) is 0 Å². The minimum atomic E-state index is -2.79. The third-order valence-electron chi connectivity index (χ3n) is 7.61. The van der Waals surface area contributed by atoms with E-state index in [0.29, 0.717) is 11.0 Å². The monoisotopic (exact) mass is 485 g/mol. The van der Waals surface area contributed by atoms with Crippen LogP contribution in [-0.2, 0) is 0 Å². The van der Waals surface area contributed by atoms with Crippen molar-refractivity contribution >= 4 is 28.9 Å². The van der Waals surface area contributed by atoms with Gasteiger partial charge in [0.1, 0.15) is 5.82 Å². The Hall–Kier alpha value is -3.30. The number of alkyl halides is 2. The minimum absolute atomic E-state index is 0.00167. The molecular weight excluding hydrogens is 456 g/mol. The molecule has 0 radical (unpaired) electrons. The van der Waals surface area contributed by atoms with Crippen LogP contribution in [0.3, 0.4) is 0 Å². The lowest BCUT2D eigenvalue weighted by molar-refractivity contribution is -0.384. The van der Waals surface area contributed by atoms with E-state index in [4.69, 9.17) is 0 Å². The van der Waals surface area contributed by atoms with Gasteiger partial charge in [-0.25, -0.2) is 13.8 Å². The van der Waals surface area contributed by atoms with Crippen molar-refractivity contribution < 1.29 is 18.5 Å². The van der Waals surface area contributed by atoms with Crippen molar-refractivity contribution in [2.75, 3.05) is 41.3 Å². The van der Waals surface area contributed by atoms with Crippen molar-refractivity contribution in [3.8, 4) is 0 Å². The molecule has 0 bridgehead atoms. The molecule has 2 saturated heterocycles. The second-order valence-electron chi connectivity index (χ2n) is 10.1. The molecule has 3 aliphatic rings. The van der Waals surface area contributed by atoms with Gasteiger partial charge in [-0.15, -0.1) is 0 Å². The number of amides is 1. The van der Waals surface area contributed by atoms with Gasteiger partial charge in [0, 0.05) is 50.8 Å². The lowest BCUT2D eigenvalue weighted by atomic mass is 9.92. The number of benzene rings is 1. The Labute approximate surface area is 202 Å². The summed E-state index contributed by atoms with van der Waals surface area (Å²) in [5, 5.41) is 14.3. The van der Waals surface area contributed by atoms with Gasteiger partial charge in [-0.05, 0) is 61.8 Å². The zero-order chi connectivity index (χ0) is 24.8. The summed E-state index contributed by atoms with van der Waals surface area (Å²) in [4.78, 5) is 32.3. The highest BCUT2D eigenvalue weighted by Gasteiger charge is 2.44. The lowest BCUT2D eigenvalue weighted by Gasteiger charge is -2.35. The second-order valence-corrected chi connectivity index (χ2v) is 10.1. The number of nitrogens with one attached hydrogen (secondary N) is 1. The summed E-state index contributed by atoms with van der Waals surface area (Å²) < 4.78 is 27.2. The lowest BCUT2D eigenvalue weighted by Crippen LogP contribution is -2.40. The molecule has 0 unspecified atom stereocenters. The fourth-order valence-electron chi connectivity index (χ4n) is 5.11. The SMILES string of the molecule is Cc1ccc(C(=O)Nc2ccc([N+](=O)[O-])c(N3CCC(F)(F)CC3)n2)c(N2CCC3(CC2)CC3)c1. The van der Waals surface area contributed by atoms with Crippen LogP contribution in [0, 0.1) is 22.5 Å². The molecule has 1 aromatic heterocycles. The first-order chi connectivity index (χ1) is 16.6.